The lowest BCUT2D eigenvalue weighted by Crippen LogP contribution is -2.37. The van der Waals surface area contributed by atoms with Crippen LogP contribution in [-0.4, -0.2) is 29.2 Å². The van der Waals surface area contributed by atoms with Gasteiger partial charge < -0.3 is 5.11 Å². The maximum atomic E-state index is 12.2. The molecule has 1 heterocycles. The van der Waals surface area contributed by atoms with E-state index in [9.17, 15) is 9.90 Å². The molecule has 4 nitrogen and oxygen atoms in total. The van der Waals surface area contributed by atoms with E-state index in [1.807, 2.05) is 7.05 Å². The van der Waals surface area contributed by atoms with Crippen LogP contribution in [0.25, 0.3) is 10.4 Å². The highest BCUT2D eigenvalue weighted by Gasteiger charge is 2.34. The van der Waals surface area contributed by atoms with Gasteiger partial charge in [0, 0.05) is 22.8 Å². The number of hydrogen-bond acceptors (Lipinski definition) is 4. The summed E-state index contributed by atoms with van der Waals surface area (Å²) in [7, 11) is 1.91. The molecule has 0 bridgehead atoms. The molecule has 26 heavy (non-hydrogen) atoms. The van der Waals surface area contributed by atoms with Crippen LogP contribution in [-0.2, 0) is 25.7 Å². The highest BCUT2D eigenvalue weighted by atomic mass is 32.1. The van der Waals surface area contributed by atoms with Gasteiger partial charge in [0.15, 0.2) is 0 Å². The monoisotopic (exact) mass is 370 g/mol. The number of rotatable bonds is 3. The van der Waals surface area contributed by atoms with E-state index in [4.69, 9.17) is 5.84 Å². The molecule has 2 aromatic rings. The maximum Gasteiger partial charge on any atom is 0.337 e. The molecule has 1 aromatic carbocycles. The molecule has 0 saturated carbocycles. The number of hydrogen-bond donors (Lipinski definition) is 2. The highest BCUT2D eigenvalue weighted by Crippen LogP contribution is 2.46. The quantitative estimate of drug-likeness (QED) is 0.635. The summed E-state index contributed by atoms with van der Waals surface area (Å²) in [5, 5.41) is 11.8. The lowest BCUT2D eigenvalue weighted by atomic mass is 9.76. The van der Waals surface area contributed by atoms with Crippen molar-refractivity contribution in [1.82, 2.24) is 5.01 Å². The Morgan fingerprint density at radius 1 is 1.31 bits per heavy atom. The van der Waals surface area contributed by atoms with Crippen molar-refractivity contribution in [2.45, 2.75) is 52.0 Å². The Bertz CT molecular complexity index is 882. The number of carboxylic acids is 1. The van der Waals surface area contributed by atoms with Gasteiger partial charge in [0.2, 0.25) is 0 Å². The second-order valence-corrected chi connectivity index (χ2v) is 9.63. The molecule has 0 aliphatic heterocycles. The number of carboxylic acid groups (broad SMARTS) is 1. The third-order valence-corrected chi connectivity index (χ3v) is 7.30. The van der Waals surface area contributed by atoms with E-state index < -0.39 is 5.97 Å². The standard InChI is InChI=1S/C21H26N2O2S/c1-21(2)8-7-17-16(11-21)18(20(24)25)19(26-17)14-6-4-5-12-9-13(23(3)22)10-15(12)14/h4-6,13H,7-11,22H2,1-3H3,(H,24,25)/t13-/m1/s1. The summed E-state index contributed by atoms with van der Waals surface area (Å²) < 4.78 is 0. The van der Waals surface area contributed by atoms with Crippen LogP contribution in [0.2, 0.25) is 0 Å². The van der Waals surface area contributed by atoms with E-state index >= 15 is 0 Å². The third kappa shape index (κ3) is 2.88. The van der Waals surface area contributed by atoms with Gasteiger partial charge in [-0.25, -0.2) is 9.80 Å². The largest absolute Gasteiger partial charge is 0.478 e. The zero-order valence-electron chi connectivity index (χ0n) is 15.6. The first-order chi connectivity index (χ1) is 12.3. The lowest BCUT2D eigenvalue weighted by Gasteiger charge is -2.29. The zero-order valence-corrected chi connectivity index (χ0v) is 16.4. The molecule has 0 amide bonds. The fraction of sp³-hybridized carbons (Fsp3) is 0.476. The molecule has 0 unspecified atom stereocenters. The summed E-state index contributed by atoms with van der Waals surface area (Å²) in [4.78, 5) is 14.4. The fourth-order valence-electron chi connectivity index (χ4n) is 4.47. The van der Waals surface area contributed by atoms with Crippen LogP contribution in [0.4, 0.5) is 0 Å². The molecule has 0 spiro atoms. The number of nitrogens with zero attached hydrogens (tertiary/aromatic N) is 1. The second kappa shape index (κ2) is 6.19. The van der Waals surface area contributed by atoms with E-state index in [1.165, 1.54) is 16.0 Å². The van der Waals surface area contributed by atoms with Crippen LogP contribution in [0.3, 0.4) is 0 Å². The Hall–Kier alpha value is -1.69. The summed E-state index contributed by atoms with van der Waals surface area (Å²) in [5.41, 5.74) is 5.44. The van der Waals surface area contributed by atoms with Crippen molar-refractivity contribution in [3.05, 3.63) is 45.3 Å². The van der Waals surface area contributed by atoms with Crippen molar-refractivity contribution < 1.29 is 9.90 Å². The zero-order chi connectivity index (χ0) is 18.6. The minimum absolute atomic E-state index is 0.168. The number of thiophene rings is 1. The van der Waals surface area contributed by atoms with Crippen molar-refractivity contribution in [1.29, 1.82) is 0 Å². The van der Waals surface area contributed by atoms with Gasteiger partial charge in [0.1, 0.15) is 0 Å². The number of nitrogens with two attached hydrogens (primary N) is 1. The van der Waals surface area contributed by atoms with Crippen LogP contribution in [0.1, 0.15) is 52.2 Å². The van der Waals surface area contributed by atoms with Crippen molar-refractivity contribution in [2.24, 2.45) is 11.3 Å². The molecule has 138 valence electrons. The molecule has 3 N–H and O–H groups in total. The van der Waals surface area contributed by atoms with Gasteiger partial charge in [0.25, 0.3) is 0 Å². The molecule has 0 saturated heterocycles. The Kier molecular flexibility index (Phi) is 4.21. The van der Waals surface area contributed by atoms with Crippen LogP contribution in [0.15, 0.2) is 18.2 Å². The van der Waals surface area contributed by atoms with Crippen molar-refractivity contribution in [3.8, 4) is 10.4 Å². The summed E-state index contributed by atoms with van der Waals surface area (Å²) >= 11 is 1.69. The number of carbonyl (C=O) groups is 1. The molecular formula is C21H26N2O2S. The highest BCUT2D eigenvalue weighted by molar-refractivity contribution is 7.16. The predicted molar refractivity (Wildman–Crippen MR) is 106 cm³/mol. The number of fused-ring (bicyclic) bond motifs is 2. The molecule has 1 atom stereocenters. The third-order valence-electron chi connectivity index (χ3n) is 5.98. The summed E-state index contributed by atoms with van der Waals surface area (Å²) in [6.07, 6.45) is 4.76. The van der Waals surface area contributed by atoms with Gasteiger partial charge in [-0.1, -0.05) is 32.0 Å². The molecule has 2 aliphatic carbocycles. The summed E-state index contributed by atoms with van der Waals surface area (Å²) in [5.74, 6) is 5.20. The van der Waals surface area contributed by atoms with Crippen molar-refractivity contribution in [2.75, 3.05) is 7.05 Å². The topological polar surface area (TPSA) is 66.6 Å². The lowest BCUT2D eigenvalue weighted by molar-refractivity contribution is 0.0696. The summed E-state index contributed by atoms with van der Waals surface area (Å²) in [6.45, 7) is 4.47. The molecule has 0 radical (unpaired) electrons. The van der Waals surface area contributed by atoms with Gasteiger partial charge in [0.05, 0.1) is 5.56 Å². The molecule has 1 aromatic heterocycles. The van der Waals surface area contributed by atoms with Crippen molar-refractivity contribution in [3.63, 3.8) is 0 Å². The van der Waals surface area contributed by atoms with Crippen LogP contribution in [0.5, 0.6) is 0 Å². The van der Waals surface area contributed by atoms with Gasteiger partial charge >= 0.3 is 5.97 Å². The van der Waals surface area contributed by atoms with E-state index in [1.54, 1.807) is 16.3 Å². The van der Waals surface area contributed by atoms with E-state index in [-0.39, 0.29) is 11.5 Å². The van der Waals surface area contributed by atoms with Crippen molar-refractivity contribution >= 4 is 17.3 Å². The molecule has 0 fully saturated rings. The number of hydrazine groups is 1. The number of benzene rings is 1. The molecular weight excluding hydrogens is 344 g/mol. The first-order valence-electron chi connectivity index (χ1n) is 9.23. The van der Waals surface area contributed by atoms with E-state index in [0.29, 0.717) is 5.56 Å². The summed E-state index contributed by atoms with van der Waals surface area (Å²) in [6, 6.07) is 6.58. The molecule has 5 heteroatoms. The van der Waals surface area contributed by atoms with Crippen LogP contribution in [0, 0.1) is 5.41 Å². The maximum absolute atomic E-state index is 12.2. The van der Waals surface area contributed by atoms with Gasteiger partial charge in [-0.2, -0.15) is 0 Å². The second-order valence-electron chi connectivity index (χ2n) is 8.52. The number of aromatic carboxylic acids is 1. The molecule has 2 aliphatic rings. The minimum Gasteiger partial charge on any atom is -0.478 e. The Morgan fingerprint density at radius 2 is 2.08 bits per heavy atom. The minimum atomic E-state index is -0.793. The Labute approximate surface area is 158 Å². The normalized spacial score (nSPS) is 20.9. The predicted octanol–water partition coefficient (Wildman–Crippen LogP) is 3.90. The molecule has 4 rings (SSSR count). The first-order valence-corrected chi connectivity index (χ1v) is 10.0. The number of aryl methyl sites for hydroxylation is 1. The Balaban J connectivity index is 1.85. The average Bonchev–Trinajstić information content (AvgIpc) is 3.14. The number of likely N-dealkylation sites (N-methyl/N-ethyl adjacent to an activating group) is 1. The van der Waals surface area contributed by atoms with Gasteiger partial charge in [-0.05, 0) is 59.8 Å². The first kappa shape index (κ1) is 17.7. The van der Waals surface area contributed by atoms with E-state index in [0.717, 1.165) is 48.1 Å². The van der Waals surface area contributed by atoms with E-state index in [2.05, 4.69) is 32.0 Å². The van der Waals surface area contributed by atoms with Crippen LogP contribution >= 0.6 is 11.3 Å². The van der Waals surface area contributed by atoms with Crippen LogP contribution < -0.4 is 5.84 Å². The smallest absolute Gasteiger partial charge is 0.337 e. The Morgan fingerprint density at radius 3 is 2.77 bits per heavy atom. The average molecular weight is 371 g/mol. The van der Waals surface area contributed by atoms with Gasteiger partial charge in [-0.3, -0.25) is 5.84 Å². The van der Waals surface area contributed by atoms with Gasteiger partial charge in [-0.15, -0.1) is 11.3 Å². The fourth-order valence-corrected chi connectivity index (χ4v) is 5.83. The SMILES string of the molecule is CN(N)[C@@H]1Cc2cccc(-c3sc4c(c3C(=O)O)CC(C)(C)CC4)c2C1.